The third-order valence-corrected chi connectivity index (χ3v) is 3.01. The highest BCUT2D eigenvalue weighted by Gasteiger charge is 2.08. The summed E-state index contributed by atoms with van der Waals surface area (Å²) in [4.78, 5) is 7.29. The van der Waals surface area contributed by atoms with E-state index < -0.39 is 0 Å². The summed E-state index contributed by atoms with van der Waals surface area (Å²) >= 11 is 6.00. The number of hydrogen-bond donors (Lipinski definition) is 0. The van der Waals surface area contributed by atoms with Gasteiger partial charge in [-0.15, -0.1) is 0 Å². The molecule has 0 aliphatic heterocycles. The molecule has 3 nitrogen and oxygen atoms in total. The minimum absolute atomic E-state index is 0.432. The molecule has 0 unspecified atom stereocenters. The maximum Gasteiger partial charge on any atom is 0.180 e. The number of H-pyrrole nitrogens is 1. The molecule has 1 N–H and O–H groups in total. The SMILES string of the molecule is Clc1cc(OCc2ccccc2)c2c[nH+]ccc2n1. The first kappa shape index (κ1) is 11.9. The quantitative estimate of drug-likeness (QED) is 0.686. The van der Waals surface area contributed by atoms with Crippen molar-refractivity contribution in [1.29, 1.82) is 0 Å². The number of pyridine rings is 2. The summed E-state index contributed by atoms with van der Waals surface area (Å²) in [5, 5.41) is 1.35. The van der Waals surface area contributed by atoms with Crippen molar-refractivity contribution in [3.05, 3.63) is 65.6 Å². The van der Waals surface area contributed by atoms with Crippen molar-refractivity contribution in [2.45, 2.75) is 6.61 Å². The number of aromatic amines is 1. The lowest BCUT2D eigenvalue weighted by Gasteiger charge is -2.08. The van der Waals surface area contributed by atoms with Gasteiger partial charge in [-0.25, -0.2) is 9.97 Å². The number of hydrogen-bond acceptors (Lipinski definition) is 2. The zero-order valence-electron chi connectivity index (χ0n) is 10.1. The molecule has 19 heavy (non-hydrogen) atoms. The van der Waals surface area contributed by atoms with Gasteiger partial charge in [0.2, 0.25) is 0 Å². The second-order valence-electron chi connectivity index (χ2n) is 4.16. The third-order valence-electron chi connectivity index (χ3n) is 2.82. The van der Waals surface area contributed by atoms with E-state index >= 15 is 0 Å². The maximum atomic E-state index is 6.00. The van der Waals surface area contributed by atoms with E-state index in [1.165, 1.54) is 0 Å². The number of rotatable bonds is 3. The van der Waals surface area contributed by atoms with Gasteiger partial charge in [-0.3, -0.25) is 0 Å². The molecule has 4 heteroatoms. The van der Waals surface area contributed by atoms with Crippen molar-refractivity contribution < 1.29 is 9.72 Å². The average Bonchev–Trinajstić information content (AvgIpc) is 2.45. The lowest BCUT2D eigenvalue weighted by Crippen LogP contribution is -2.02. The van der Waals surface area contributed by atoms with Crippen LogP contribution in [0.15, 0.2) is 54.9 Å². The number of benzene rings is 1. The molecule has 0 aliphatic carbocycles. The highest BCUT2D eigenvalue weighted by Crippen LogP contribution is 2.26. The maximum absolute atomic E-state index is 6.00. The summed E-state index contributed by atoms with van der Waals surface area (Å²) in [6.07, 6.45) is 3.67. The predicted molar refractivity (Wildman–Crippen MR) is 74.1 cm³/mol. The summed E-state index contributed by atoms with van der Waals surface area (Å²) in [6.45, 7) is 0.505. The Kier molecular flexibility index (Phi) is 3.29. The molecule has 2 heterocycles. The third kappa shape index (κ3) is 2.66. The van der Waals surface area contributed by atoms with Crippen LogP contribution in [0, 0.1) is 0 Å². The Bertz CT molecular complexity index is 701. The van der Waals surface area contributed by atoms with Gasteiger partial charge < -0.3 is 4.74 Å². The van der Waals surface area contributed by atoms with E-state index in [1.54, 1.807) is 6.07 Å². The van der Waals surface area contributed by atoms with Gasteiger partial charge in [0.25, 0.3) is 0 Å². The molecule has 2 aromatic heterocycles. The van der Waals surface area contributed by atoms with Gasteiger partial charge in [-0.2, -0.15) is 0 Å². The fraction of sp³-hybridized carbons (Fsp3) is 0.0667. The molecular formula is C15H12ClN2O+. The van der Waals surface area contributed by atoms with E-state index in [9.17, 15) is 0 Å². The van der Waals surface area contributed by atoms with E-state index in [-0.39, 0.29) is 0 Å². The summed E-state index contributed by atoms with van der Waals surface area (Å²) in [7, 11) is 0. The van der Waals surface area contributed by atoms with E-state index in [4.69, 9.17) is 16.3 Å². The molecule has 0 spiro atoms. The van der Waals surface area contributed by atoms with E-state index in [2.05, 4.69) is 9.97 Å². The standard InChI is InChI=1S/C15H11ClN2O/c16-15-8-14(12-9-17-7-6-13(12)18-15)19-10-11-4-2-1-3-5-11/h1-9H,10H2/p+1. The Morgan fingerprint density at radius 2 is 2.00 bits per heavy atom. The number of fused-ring (bicyclic) bond motifs is 1. The highest BCUT2D eigenvalue weighted by molar-refractivity contribution is 6.30. The van der Waals surface area contributed by atoms with Crippen LogP contribution in [-0.4, -0.2) is 4.98 Å². The van der Waals surface area contributed by atoms with Gasteiger partial charge in [0, 0.05) is 12.1 Å². The number of nitrogens with zero attached hydrogens (tertiary/aromatic N) is 1. The summed E-state index contributed by atoms with van der Waals surface area (Å²) in [5.41, 5.74) is 1.93. The van der Waals surface area contributed by atoms with Crippen molar-refractivity contribution in [3.63, 3.8) is 0 Å². The smallest absolute Gasteiger partial charge is 0.180 e. The zero-order valence-corrected chi connectivity index (χ0v) is 10.9. The molecule has 0 aliphatic rings. The van der Waals surface area contributed by atoms with E-state index in [1.807, 2.05) is 48.8 Å². The summed E-state index contributed by atoms with van der Waals surface area (Å²) in [5.74, 6) is 0.732. The molecule has 0 fully saturated rings. The van der Waals surface area contributed by atoms with Crippen LogP contribution in [0.3, 0.4) is 0 Å². The van der Waals surface area contributed by atoms with Gasteiger partial charge in [0.1, 0.15) is 22.9 Å². The van der Waals surface area contributed by atoms with Gasteiger partial charge in [-0.1, -0.05) is 41.9 Å². The Hall–Kier alpha value is -2.13. The van der Waals surface area contributed by atoms with Crippen LogP contribution in [0.2, 0.25) is 5.15 Å². The van der Waals surface area contributed by atoms with Gasteiger partial charge in [-0.05, 0) is 5.56 Å². The van der Waals surface area contributed by atoms with E-state index in [0.29, 0.717) is 11.8 Å². The molecule has 0 atom stereocenters. The minimum Gasteiger partial charge on any atom is -0.488 e. The normalized spacial score (nSPS) is 10.6. The second-order valence-corrected chi connectivity index (χ2v) is 4.55. The van der Waals surface area contributed by atoms with Crippen LogP contribution >= 0.6 is 11.6 Å². The Balaban J connectivity index is 1.92. The molecule has 0 amide bonds. The summed E-state index contributed by atoms with van der Waals surface area (Å²) in [6, 6.07) is 13.6. The second kappa shape index (κ2) is 5.24. The largest absolute Gasteiger partial charge is 0.488 e. The van der Waals surface area contributed by atoms with Crippen molar-refractivity contribution in [3.8, 4) is 5.75 Å². The van der Waals surface area contributed by atoms with Crippen LogP contribution < -0.4 is 9.72 Å². The number of halogens is 1. The molecular weight excluding hydrogens is 260 g/mol. The molecule has 0 bridgehead atoms. The van der Waals surface area contributed by atoms with Crippen molar-refractivity contribution in [2.24, 2.45) is 0 Å². The number of ether oxygens (including phenoxy) is 1. The monoisotopic (exact) mass is 271 g/mol. The fourth-order valence-electron chi connectivity index (χ4n) is 1.91. The average molecular weight is 272 g/mol. The van der Waals surface area contributed by atoms with Crippen molar-refractivity contribution in [2.75, 3.05) is 0 Å². The lowest BCUT2D eigenvalue weighted by atomic mass is 10.2. The van der Waals surface area contributed by atoms with Crippen LogP contribution in [-0.2, 0) is 6.61 Å². The van der Waals surface area contributed by atoms with Gasteiger partial charge in [0.05, 0.1) is 5.52 Å². The lowest BCUT2D eigenvalue weighted by molar-refractivity contribution is -0.375. The zero-order chi connectivity index (χ0) is 13.1. The van der Waals surface area contributed by atoms with Crippen LogP contribution in [0.1, 0.15) is 5.56 Å². The Labute approximate surface area is 115 Å². The number of nitrogens with one attached hydrogen (secondary N) is 1. The first-order chi connectivity index (χ1) is 9.33. The molecule has 3 aromatic rings. The van der Waals surface area contributed by atoms with Crippen molar-refractivity contribution in [1.82, 2.24) is 4.98 Å². The first-order valence-corrected chi connectivity index (χ1v) is 6.34. The van der Waals surface area contributed by atoms with Crippen LogP contribution in [0.4, 0.5) is 0 Å². The van der Waals surface area contributed by atoms with Crippen LogP contribution in [0.5, 0.6) is 5.75 Å². The molecule has 0 saturated carbocycles. The van der Waals surface area contributed by atoms with Gasteiger partial charge in [0.15, 0.2) is 12.4 Å². The van der Waals surface area contributed by atoms with Gasteiger partial charge >= 0.3 is 0 Å². The summed E-state index contributed by atoms with van der Waals surface area (Å²) < 4.78 is 5.84. The first-order valence-electron chi connectivity index (χ1n) is 5.96. The fourth-order valence-corrected chi connectivity index (χ4v) is 2.10. The van der Waals surface area contributed by atoms with Crippen LogP contribution in [0.25, 0.3) is 10.9 Å². The molecule has 0 radical (unpaired) electrons. The van der Waals surface area contributed by atoms with E-state index in [0.717, 1.165) is 22.2 Å². The molecule has 0 saturated heterocycles. The van der Waals surface area contributed by atoms with Crippen molar-refractivity contribution >= 4 is 22.5 Å². The number of aromatic nitrogens is 2. The topological polar surface area (TPSA) is 36.3 Å². The predicted octanol–water partition coefficient (Wildman–Crippen LogP) is 3.28. The highest BCUT2D eigenvalue weighted by atomic mass is 35.5. The molecule has 94 valence electrons. The molecule has 1 aromatic carbocycles. The Morgan fingerprint density at radius 1 is 1.16 bits per heavy atom. The molecule has 3 rings (SSSR count). The minimum atomic E-state index is 0.432. The Morgan fingerprint density at radius 3 is 2.84 bits per heavy atom.